The van der Waals surface area contributed by atoms with Crippen LogP contribution in [0.25, 0.3) is 0 Å². The van der Waals surface area contributed by atoms with Gasteiger partial charge in [0.2, 0.25) is 0 Å². The molecule has 22 heavy (non-hydrogen) atoms. The van der Waals surface area contributed by atoms with Crippen LogP contribution < -0.4 is 5.32 Å². The SMILES string of the molecule is Cc1nc2c(s1)CCC[C@H]2CN(C)C(=O)Nc1ccnn1C. The average molecular weight is 319 g/mol. The highest BCUT2D eigenvalue weighted by Crippen LogP contribution is 2.34. The fourth-order valence-electron chi connectivity index (χ4n) is 2.92. The molecule has 2 aromatic rings. The van der Waals surface area contributed by atoms with Crippen molar-refractivity contribution >= 4 is 23.2 Å². The maximum Gasteiger partial charge on any atom is 0.322 e. The Hall–Kier alpha value is -1.89. The largest absolute Gasteiger partial charge is 0.327 e. The minimum atomic E-state index is -0.109. The number of fused-ring (bicyclic) bond motifs is 1. The van der Waals surface area contributed by atoms with Crippen LogP contribution in [0.5, 0.6) is 0 Å². The van der Waals surface area contributed by atoms with Crippen LogP contribution in [0.3, 0.4) is 0 Å². The molecular formula is C15H21N5OS. The van der Waals surface area contributed by atoms with Crippen LogP contribution >= 0.6 is 11.3 Å². The molecule has 1 aliphatic carbocycles. The lowest BCUT2D eigenvalue weighted by atomic mass is 9.91. The summed E-state index contributed by atoms with van der Waals surface area (Å²) in [5, 5.41) is 8.05. The molecule has 0 saturated heterocycles. The molecule has 7 heteroatoms. The van der Waals surface area contributed by atoms with Crippen LogP contribution in [0.4, 0.5) is 10.6 Å². The molecule has 118 valence electrons. The van der Waals surface area contributed by atoms with Gasteiger partial charge in [0.1, 0.15) is 5.82 Å². The number of likely N-dealkylation sites (N-methyl/N-ethyl adjacent to an activating group) is 1. The maximum absolute atomic E-state index is 12.3. The Morgan fingerprint density at radius 1 is 1.59 bits per heavy atom. The second-order valence-electron chi connectivity index (χ2n) is 5.78. The molecular weight excluding hydrogens is 298 g/mol. The maximum atomic E-state index is 12.3. The number of amides is 2. The quantitative estimate of drug-likeness (QED) is 0.946. The van der Waals surface area contributed by atoms with Gasteiger partial charge in [0, 0.05) is 37.5 Å². The first kappa shape index (κ1) is 15.0. The van der Waals surface area contributed by atoms with Crippen LogP contribution in [-0.4, -0.2) is 39.3 Å². The van der Waals surface area contributed by atoms with Gasteiger partial charge in [-0.05, 0) is 26.2 Å². The van der Waals surface area contributed by atoms with Gasteiger partial charge >= 0.3 is 6.03 Å². The molecule has 3 rings (SSSR count). The standard InChI is InChI=1S/C15H21N5OS/c1-10-17-14-11(5-4-6-12(14)22-10)9-19(2)15(21)18-13-7-8-16-20(13)3/h7-8,11H,4-6,9H2,1-3H3,(H,18,21)/t11-/m0/s1. The fourth-order valence-corrected chi connectivity index (χ4v) is 3.99. The van der Waals surface area contributed by atoms with Crippen LogP contribution in [0.15, 0.2) is 12.3 Å². The number of hydrogen-bond donors (Lipinski definition) is 1. The van der Waals surface area contributed by atoms with Crippen LogP contribution in [0, 0.1) is 6.92 Å². The summed E-state index contributed by atoms with van der Waals surface area (Å²) in [5.41, 5.74) is 1.20. The van der Waals surface area contributed by atoms with Gasteiger partial charge in [-0.2, -0.15) is 5.10 Å². The molecule has 2 aromatic heterocycles. The van der Waals surface area contributed by atoms with Crippen LogP contribution in [-0.2, 0) is 13.5 Å². The summed E-state index contributed by atoms with van der Waals surface area (Å²) in [4.78, 5) is 20.1. The summed E-state index contributed by atoms with van der Waals surface area (Å²) in [6.07, 6.45) is 5.07. The lowest BCUT2D eigenvalue weighted by Crippen LogP contribution is -2.36. The molecule has 0 spiro atoms. The monoisotopic (exact) mass is 319 g/mol. The molecule has 2 amide bonds. The first-order valence-electron chi connectivity index (χ1n) is 7.51. The van der Waals surface area contributed by atoms with Crippen molar-refractivity contribution in [3.05, 3.63) is 27.8 Å². The van der Waals surface area contributed by atoms with Gasteiger partial charge in [-0.15, -0.1) is 11.3 Å². The van der Waals surface area contributed by atoms with Crippen molar-refractivity contribution in [2.24, 2.45) is 7.05 Å². The second-order valence-corrected chi connectivity index (χ2v) is 7.07. The number of nitrogens with zero attached hydrogens (tertiary/aromatic N) is 4. The normalized spacial score (nSPS) is 17.1. The molecule has 6 nitrogen and oxygen atoms in total. The molecule has 1 aliphatic rings. The minimum absolute atomic E-state index is 0.109. The van der Waals surface area contributed by atoms with E-state index >= 15 is 0 Å². The van der Waals surface area contributed by atoms with Crippen LogP contribution in [0.2, 0.25) is 0 Å². The van der Waals surface area contributed by atoms with Gasteiger partial charge in [-0.25, -0.2) is 9.78 Å². The smallest absolute Gasteiger partial charge is 0.322 e. The Labute approximate surface area is 134 Å². The van der Waals surface area contributed by atoms with E-state index in [9.17, 15) is 4.79 Å². The van der Waals surface area contributed by atoms with E-state index in [1.54, 1.807) is 40.2 Å². The zero-order valence-corrected chi connectivity index (χ0v) is 14.0. The van der Waals surface area contributed by atoms with E-state index in [-0.39, 0.29) is 6.03 Å². The van der Waals surface area contributed by atoms with Crippen molar-refractivity contribution in [2.75, 3.05) is 18.9 Å². The molecule has 0 saturated carbocycles. The Morgan fingerprint density at radius 3 is 3.14 bits per heavy atom. The van der Waals surface area contributed by atoms with E-state index < -0.39 is 0 Å². The van der Waals surface area contributed by atoms with Gasteiger partial charge in [0.05, 0.1) is 16.9 Å². The average Bonchev–Trinajstić information content (AvgIpc) is 3.05. The number of urea groups is 1. The third kappa shape index (κ3) is 2.99. The predicted molar refractivity (Wildman–Crippen MR) is 87.4 cm³/mol. The number of nitrogens with one attached hydrogen (secondary N) is 1. The van der Waals surface area contributed by atoms with Gasteiger partial charge in [0.15, 0.2) is 0 Å². The van der Waals surface area contributed by atoms with E-state index in [4.69, 9.17) is 0 Å². The molecule has 0 unspecified atom stereocenters. The topological polar surface area (TPSA) is 63.1 Å². The number of carbonyl (C=O) groups is 1. The Morgan fingerprint density at radius 2 is 2.41 bits per heavy atom. The highest BCUT2D eigenvalue weighted by atomic mass is 32.1. The second kappa shape index (κ2) is 6.08. The summed E-state index contributed by atoms with van der Waals surface area (Å²) >= 11 is 1.79. The number of carbonyl (C=O) groups excluding carboxylic acids is 1. The van der Waals surface area contributed by atoms with Crippen LogP contribution in [0.1, 0.15) is 34.3 Å². The lowest BCUT2D eigenvalue weighted by molar-refractivity contribution is 0.217. The van der Waals surface area contributed by atoms with Crippen molar-refractivity contribution in [3.8, 4) is 0 Å². The number of aromatic nitrogens is 3. The Kier molecular flexibility index (Phi) is 4.15. The summed E-state index contributed by atoms with van der Waals surface area (Å²) in [6, 6.07) is 1.68. The zero-order valence-electron chi connectivity index (χ0n) is 13.2. The van der Waals surface area contributed by atoms with Crippen molar-refractivity contribution in [3.63, 3.8) is 0 Å². The third-order valence-electron chi connectivity index (χ3n) is 4.07. The third-order valence-corrected chi connectivity index (χ3v) is 5.12. The minimum Gasteiger partial charge on any atom is -0.327 e. The van der Waals surface area contributed by atoms with E-state index in [1.165, 1.54) is 17.0 Å². The van der Waals surface area contributed by atoms with Gasteiger partial charge in [0.25, 0.3) is 0 Å². The van der Waals surface area contributed by atoms with E-state index in [0.717, 1.165) is 17.8 Å². The number of anilines is 1. The Balaban J connectivity index is 1.66. The summed E-state index contributed by atoms with van der Waals surface area (Å²) in [7, 11) is 3.64. The first-order chi connectivity index (χ1) is 10.5. The Bertz CT molecular complexity index is 677. The molecule has 1 N–H and O–H groups in total. The van der Waals surface area contributed by atoms with Crippen molar-refractivity contribution in [1.29, 1.82) is 0 Å². The molecule has 2 heterocycles. The number of thiazole rings is 1. The highest BCUT2D eigenvalue weighted by Gasteiger charge is 2.26. The lowest BCUT2D eigenvalue weighted by Gasteiger charge is -2.26. The molecule has 0 aromatic carbocycles. The number of aryl methyl sites for hydroxylation is 3. The molecule has 0 radical (unpaired) electrons. The van der Waals surface area contributed by atoms with Gasteiger partial charge < -0.3 is 4.90 Å². The molecule has 0 aliphatic heterocycles. The first-order valence-corrected chi connectivity index (χ1v) is 8.32. The van der Waals surface area contributed by atoms with Gasteiger partial charge in [-0.3, -0.25) is 10.00 Å². The summed E-state index contributed by atoms with van der Waals surface area (Å²) in [6.45, 7) is 2.75. The predicted octanol–water partition coefficient (Wildman–Crippen LogP) is 2.77. The van der Waals surface area contributed by atoms with Crippen molar-refractivity contribution in [2.45, 2.75) is 32.1 Å². The fraction of sp³-hybridized carbons (Fsp3) is 0.533. The van der Waals surface area contributed by atoms with Crippen molar-refractivity contribution in [1.82, 2.24) is 19.7 Å². The molecule has 0 bridgehead atoms. The number of rotatable bonds is 3. The molecule has 0 fully saturated rings. The van der Waals surface area contributed by atoms with Crippen molar-refractivity contribution < 1.29 is 4.79 Å². The summed E-state index contributed by atoms with van der Waals surface area (Å²) < 4.78 is 1.65. The van der Waals surface area contributed by atoms with Gasteiger partial charge in [-0.1, -0.05) is 0 Å². The molecule has 1 atom stereocenters. The number of hydrogen-bond acceptors (Lipinski definition) is 4. The van der Waals surface area contributed by atoms with E-state index in [0.29, 0.717) is 18.3 Å². The van der Waals surface area contributed by atoms with E-state index in [2.05, 4.69) is 22.3 Å². The highest BCUT2D eigenvalue weighted by molar-refractivity contribution is 7.11. The van der Waals surface area contributed by atoms with E-state index in [1.807, 2.05) is 7.05 Å². The zero-order chi connectivity index (χ0) is 15.7. The summed E-state index contributed by atoms with van der Waals surface area (Å²) in [5.74, 6) is 1.04.